The molecule has 4 aliphatic carbocycles. The Morgan fingerprint density at radius 1 is 1.14 bits per heavy atom. The molecule has 1 aromatic carbocycles. The Labute approximate surface area is 123 Å². The third-order valence-corrected chi connectivity index (χ3v) is 4.96. The third kappa shape index (κ3) is 1.56. The number of benzene rings is 1. The van der Waals surface area contributed by atoms with Crippen LogP contribution in [0, 0.1) is 5.92 Å². The molecule has 102 valence electrons. The molecule has 21 heavy (non-hydrogen) atoms. The van der Waals surface area contributed by atoms with E-state index in [2.05, 4.69) is 35.7 Å². The summed E-state index contributed by atoms with van der Waals surface area (Å²) in [6.07, 6.45) is 10.5. The van der Waals surface area contributed by atoms with Crippen LogP contribution in [0.4, 0.5) is 0 Å². The van der Waals surface area contributed by atoms with E-state index in [9.17, 15) is 4.79 Å². The van der Waals surface area contributed by atoms with Crippen molar-refractivity contribution in [3.63, 3.8) is 0 Å². The van der Waals surface area contributed by atoms with Crippen molar-refractivity contribution >= 4 is 5.91 Å². The summed E-state index contributed by atoms with van der Waals surface area (Å²) in [5, 5.41) is 3.27. The van der Waals surface area contributed by atoms with E-state index in [0.29, 0.717) is 5.92 Å². The molecular formula is C19H15NO. The molecule has 1 N–H and O–H groups in total. The number of amides is 1. The normalized spacial score (nSPS) is 26.0. The maximum Gasteiger partial charge on any atom is 0.252 e. The highest BCUT2D eigenvalue weighted by molar-refractivity contribution is 6.03. The van der Waals surface area contributed by atoms with Gasteiger partial charge in [-0.1, -0.05) is 42.5 Å². The molecule has 0 radical (unpaired) electrons. The van der Waals surface area contributed by atoms with Crippen molar-refractivity contribution in [3.05, 3.63) is 82.5 Å². The first kappa shape index (κ1) is 11.3. The molecule has 2 heteroatoms. The highest BCUT2D eigenvalue weighted by Crippen LogP contribution is 2.52. The van der Waals surface area contributed by atoms with Gasteiger partial charge in [0.05, 0.1) is 5.54 Å². The van der Waals surface area contributed by atoms with Gasteiger partial charge in [0.1, 0.15) is 0 Å². The lowest BCUT2D eigenvalue weighted by molar-refractivity contribution is -0.118. The van der Waals surface area contributed by atoms with Crippen LogP contribution in [0.3, 0.4) is 0 Å². The Bertz CT molecular complexity index is 788. The van der Waals surface area contributed by atoms with E-state index < -0.39 is 0 Å². The van der Waals surface area contributed by atoms with Crippen LogP contribution in [0.5, 0.6) is 0 Å². The highest BCUT2D eigenvalue weighted by Gasteiger charge is 2.47. The van der Waals surface area contributed by atoms with Crippen molar-refractivity contribution in [3.8, 4) is 0 Å². The Morgan fingerprint density at radius 3 is 2.71 bits per heavy atom. The molecule has 1 fully saturated rings. The average Bonchev–Trinajstić information content (AvgIpc) is 3.38. The molecule has 0 saturated heterocycles. The minimum atomic E-state index is -0.136. The van der Waals surface area contributed by atoms with Gasteiger partial charge < -0.3 is 5.32 Å². The zero-order valence-electron chi connectivity index (χ0n) is 11.6. The number of fused-ring (bicyclic) bond motifs is 3. The fourth-order valence-electron chi connectivity index (χ4n) is 3.51. The maximum absolute atomic E-state index is 12.7. The molecule has 5 rings (SSSR count). The highest BCUT2D eigenvalue weighted by atomic mass is 16.2. The van der Waals surface area contributed by atoms with Crippen LogP contribution >= 0.6 is 0 Å². The first-order valence-corrected chi connectivity index (χ1v) is 7.51. The van der Waals surface area contributed by atoms with Gasteiger partial charge in [0.2, 0.25) is 0 Å². The second kappa shape index (κ2) is 3.64. The summed E-state index contributed by atoms with van der Waals surface area (Å²) < 4.78 is 0. The number of rotatable bonds is 3. The van der Waals surface area contributed by atoms with Crippen LogP contribution < -0.4 is 5.32 Å². The first-order chi connectivity index (χ1) is 10.3. The number of carbonyl (C=O) groups excluding carboxylic acids is 1. The van der Waals surface area contributed by atoms with Gasteiger partial charge in [-0.15, -0.1) is 0 Å². The van der Waals surface area contributed by atoms with E-state index in [-0.39, 0.29) is 11.4 Å². The van der Waals surface area contributed by atoms with Gasteiger partial charge in [-0.25, -0.2) is 0 Å². The van der Waals surface area contributed by atoms with Crippen molar-refractivity contribution in [1.29, 1.82) is 0 Å². The van der Waals surface area contributed by atoms with E-state index in [1.54, 1.807) is 0 Å². The molecule has 1 amide bonds. The van der Waals surface area contributed by atoms with Crippen LogP contribution in [0.2, 0.25) is 0 Å². The Morgan fingerprint density at radius 2 is 1.95 bits per heavy atom. The van der Waals surface area contributed by atoms with Crippen molar-refractivity contribution in [2.75, 3.05) is 0 Å². The molecule has 0 bridgehead atoms. The first-order valence-electron chi connectivity index (χ1n) is 7.51. The molecule has 4 aliphatic rings. The SMILES string of the molecule is O=C(NC1(c2ccccc2)CC1)C1=CC=C2C1=CC1=CC12. The number of carbonyl (C=O) groups is 1. The standard InChI is InChI=1S/C19H15NO/c21-18(15-7-6-14-16-10-12(16)11-17(14)15)20-19(8-9-19)13-4-2-1-3-5-13/h1-7,10-11,16H,8-9H2,(H,20,21). The lowest BCUT2D eigenvalue weighted by Crippen LogP contribution is -2.35. The average molecular weight is 273 g/mol. The Kier molecular flexibility index (Phi) is 1.96. The lowest BCUT2D eigenvalue weighted by atomic mass is 10.0. The van der Waals surface area contributed by atoms with E-state index in [1.165, 1.54) is 16.7 Å². The van der Waals surface area contributed by atoms with Gasteiger partial charge in [0, 0.05) is 11.5 Å². The Hall–Kier alpha value is -2.35. The van der Waals surface area contributed by atoms with Gasteiger partial charge in [-0.3, -0.25) is 4.79 Å². The van der Waals surface area contributed by atoms with E-state index in [4.69, 9.17) is 0 Å². The summed E-state index contributed by atoms with van der Waals surface area (Å²) in [4.78, 5) is 12.7. The van der Waals surface area contributed by atoms with Gasteiger partial charge in [-0.2, -0.15) is 0 Å². The van der Waals surface area contributed by atoms with Gasteiger partial charge >= 0.3 is 0 Å². The zero-order chi connectivity index (χ0) is 14.0. The summed E-state index contributed by atoms with van der Waals surface area (Å²) in [7, 11) is 0. The maximum atomic E-state index is 12.7. The quantitative estimate of drug-likeness (QED) is 0.900. The monoisotopic (exact) mass is 273 g/mol. The van der Waals surface area contributed by atoms with Crippen LogP contribution in [-0.4, -0.2) is 5.91 Å². The van der Waals surface area contributed by atoms with Crippen molar-refractivity contribution < 1.29 is 4.79 Å². The number of hydrogen-bond acceptors (Lipinski definition) is 1. The fourth-order valence-corrected chi connectivity index (χ4v) is 3.51. The van der Waals surface area contributed by atoms with Crippen LogP contribution in [0.25, 0.3) is 0 Å². The van der Waals surface area contributed by atoms with Gasteiger partial charge in [-0.05, 0) is 47.3 Å². The lowest BCUT2D eigenvalue weighted by Gasteiger charge is -2.19. The molecule has 1 aromatic rings. The molecule has 0 aromatic heterocycles. The third-order valence-electron chi connectivity index (χ3n) is 4.96. The Balaban J connectivity index is 1.40. The molecule has 2 nitrogen and oxygen atoms in total. The minimum absolute atomic E-state index is 0.0655. The second-order valence-corrected chi connectivity index (χ2v) is 6.31. The molecule has 1 atom stereocenters. The van der Waals surface area contributed by atoms with Crippen LogP contribution in [0.15, 0.2) is 76.9 Å². The van der Waals surface area contributed by atoms with Crippen molar-refractivity contribution in [2.45, 2.75) is 18.4 Å². The molecule has 1 unspecified atom stereocenters. The van der Waals surface area contributed by atoms with Crippen molar-refractivity contribution in [2.24, 2.45) is 5.92 Å². The summed E-state index contributed by atoms with van der Waals surface area (Å²) in [5.41, 5.74) is 5.73. The van der Waals surface area contributed by atoms with E-state index in [0.717, 1.165) is 24.0 Å². The van der Waals surface area contributed by atoms with E-state index in [1.807, 2.05) is 24.3 Å². The minimum Gasteiger partial charge on any atom is -0.343 e. The molecule has 0 spiro atoms. The summed E-state index contributed by atoms with van der Waals surface area (Å²) in [6.45, 7) is 0. The molecule has 0 aliphatic heterocycles. The molecule has 1 saturated carbocycles. The van der Waals surface area contributed by atoms with Crippen LogP contribution in [-0.2, 0) is 10.3 Å². The number of allylic oxidation sites excluding steroid dienone is 6. The summed E-state index contributed by atoms with van der Waals surface area (Å²) in [5.74, 6) is 0.571. The van der Waals surface area contributed by atoms with Crippen LogP contribution in [0.1, 0.15) is 18.4 Å². The van der Waals surface area contributed by atoms with Gasteiger partial charge in [0.25, 0.3) is 5.91 Å². The van der Waals surface area contributed by atoms with Crippen molar-refractivity contribution in [1.82, 2.24) is 5.32 Å². The zero-order valence-corrected chi connectivity index (χ0v) is 11.6. The molecule has 0 heterocycles. The van der Waals surface area contributed by atoms with E-state index >= 15 is 0 Å². The predicted octanol–water partition coefficient (Wildman–Crippen LogP) is 3.15. The van der Waals surface area contributed by atoms with Gasteiger partial charge in [0.15, 0.2) is 0 Å². The predicted molar refractivity (Wildman–Crippen MR) is 81.3 cm³/mol. The smallest absolute Gasteiger partial charge is 0.252 e. The summed E-state index contributed by atoms with van der Waals surface area (Å²) >= 11 is 0. The number of hydrogen-bond donors (Lipinski definition) is 1. The fraction of sp³-hybridized carbons (Fsp3) is 0.211. The summed E-state index contributed by atoms with van der Waals surface area (Å²) in [6, 6.07) is 10.3. The second-order valence-electron chi connectivity index (χ2n) is 6.31. The largest absolute Gasteiger partial charge is 0.343 e. The number of nitrogens with one attached hydrogen (secondary N) is 1. The molecular weight excluding hydrogens is 258 g/mol. The topological polar surface area (TPSA) is 29.1 Å².